The second-order valence-electron chi connectivity index (χ2n) is 5.79. The quantitative estimate of drug-likeness (QED) is 0.391. The number of nitrogens with one attached hydrogen (secondary N) is 1. The lowest BCUT2D eigenvalue weighted by atomic mass is 10.2. The van der Waals surface area contributed by atoms with E-state index in [1.165, 1.54) is 30.3 Å². The molecule has 8 nitrogen and oxygen atoms in total. The number of carbonyl (C=O) groups is 3. The molecule has 1 saturated heterocycles. The molecular formula is C18H11BrFN3O5S. The lowest BCUT2D eigenvalue weighted by molar-refractivity contribution is -0.385. The summed E-state index contributed by atoms with van der Waals surface area (Å²) in [5.41, 5.74) is 0.499. The van der Waals surface area contributed by atoms with E-state index in [1.807, 2.05) is 0 Å². The van der Waals surface area contributed by atoms with Crippen molar-refractivity contribution in [3.63, 3.8) is 0 Å². The first-order valence-electron chi connectivity index (χ1n) is 7.99. The molecule has 2 aromatic carbocycles. The predicted octanol–water partition coefficient (Wildman–Crippen LogP) is 4.17. The monoisotopic (exact) mass is 479 g/mol. The Bertz CT molecular complexity index is 1060. The number of halogens is 2. The second-order valence-corrected chi connectivity index (χ2v) is 7.64. The maximum Gasteiger partial charge on any atom is 0.294 e. The van der Waals surface area contributed by atoms with Crippen molar-refractivity contribution in [1.29, 1.82) is 0 Å². The van der Waals surface area contributed by atoms with Crippen molar-refractivity contribution in [2.45, 2.75) is 0 Å². The highest BCUT2D eigenvalue weighted by Gasteiger charge is 2.36. The number of anilines is 1. The Morgan fingerprint density at radius 3 is 2.59 bits per heavy atom. The van der Waals surface area contributed by atoms with Gasteiger partial charge in [0.2, 0.25) is 5.91 Å². The highest BCUT2D eigenvalue weighted by atomic mass is 79.9. The summed E-state index contributed by atoms with van der Waals surface area (Å²) in [6, 6.07) is 9.30. The van der Waals surface area contributed by atoms with Gasteiger partial charge >= 0.3 is 0 Å². The van der Waals surface area contributed by atoms with Gasteiger partial charge in [-0.05, 0) is 69.7 Å². The summed E-state index contributed by atoms with van der Waals surface area (Å²) in [6.07, 6.45) is 1.35. The maximum atomic E-state index is 12.9. The van der Waals surface area contributed by atoms with Crippen LogP contribution in [0.4, 0.5) is 20.6 Å². The van der Waals surface area contributed by atoms with Crippen LogP contribution in [-0.4, -0.2) is 33.4 Å². The number of benzene rings is 2. The largest absolute Gasteiger partial charge is 0.325 e. The van der Waals surface area contributed by atoms with Crippen molar-refractivity contribution in [2.24, 2.45) is 0 Å². The lowest BCUT2D eigenvalue weighted by Crippen LogP contribution is -2.36. The predicted molar refractivity (Wildman–Crippen MR) is 109 cm³/mol. The van der Waals surface area contributed by atoms with Crippen molar-refractivity contribution in [3.8, 4) is 0 Å². The van der Waals surface area contributed by atoms with E-state index < -0.39 is 34.3 Å². The molecule has 148 valence electrons. The molecule has 1 N–H and O–H groups in total. The Kier molecular flexibility index (Phi) is 6.09. The molecule has 2 aromatic rings. The molecule has 1 heterocycles. The van der Waals surface area contributed by atoms with Gasteiger partial charge in [0.25, 0.3) is 16.8 Å². The summed E-state index contributed by atoms with van der Waals surface area (Å²) >= 11 is 3.70. The van der Waals surface area contributed by atoms with Gasteiger partial charge in [-0.3, -0.25) is 29.4 Å². The summed E-state index contributed by atoms with van der Waals surface area (Å²) in [7, 11) is 0. The number of carbonyl (C=O) groups excluding carboxylic acids is 3. The molecule has 3 amide bonds. The number of nitro groups is 1. The van der Waals surface area contributed by atoms with Crippen LogP contribution in [0.15, 0.2) is 51.8 Å². The molecule has 1 fully saturated rings. The topological polar surface area (TPSA) is 110 Å². The van der Waals surface area contributed by atoms with Crippen LogP contribution in [0.5, 0.6) is 0 Å². The standard InChI is InChI=1S/C18H11BrFN3O5S/c19-13-6-1-10(7-14(13)23(27)28)8-15-17(25)22(18(26)29-15)9-16(24)21-12-4-2-11(20)3-5-12/h1-8H,9H2,(H,21,24)/b15-8-. The van der Waals surface area contributed by atoms with E-state index in [2.05, 4.69) is 21.2 Å². The fraction of sp³-hybridized carbons (Fsp3) is 0.0556. The minimum absolute atomic E-state index is 0.0428. The molecule has 3 rings (SSSR count). The molecular weight excluding hydrogens is 469 g/mol. The second kappa shape index (κ2) is 8.53. The van der Waals surface area contributed by atoms with E-state index in [-0.39, 0.29) is 15.1 Å². The number of nitro benzene ring substituents is 1. The number of hydrogen-bond acceptors (Lipinski definition) is 6. The molecule has 0 saturated carbocycles. The zero-order chi connectivity index (χ0) is 21.1. The zero-order valence-electron chi connectivity index (χ0n) is 14.4. The van der Waals surface area contributed by atoms with Crippen molar-refractivity contribution < 1.29 is 23.7 Å². The molecule has 0 unspecified atom stereocenters. The van der Waals surface area contributed by atoms with Gasteiger partial charge in [0.15, 0.2) is 0 Å². The molecule has 29 heavy (non-hydrogen) atoms. The summed E-state index contributed by atoms with van der Waals surface area (Å²) in [4.78, 5) is 48.0. The highest BCUT2D eigenvalue weighted by molar-refractivity contribution is 9.10. The molecule has 0 bridgehead atoms. The van der Waals surface area contributed by atoms with Crippen molar-refractivity contribution in [3.05, 3.63) is 73.3 Å². The number of amides is 3. The molecule has 0 atom stereocenters. The fourth-order valence-corrected chi connectivity index (χ4v) is 3.65. The van der Waals surface area contributed by atoms with E-state index in [0.717, 1.165) is 17.0 Å². The molecule has 0 spiro atoms. The Hall–Kier alpha value is -3.05. The minimum Gasteiger partial charge on any atom is -0.325 e. The van der Waals surface area contributed by atoms with Crippen LogP contribution in [0.2, 0.25) is 0 Å². The normalized spacial score (nSPS) is 15.1. The van der Waals surface area contributed by atoms with E-state index in [1.54, 1.807) is 6.07 Å². The van der Waals surface area contributed by atoms with Gasteiger partial charge in [-0.2, -0.15) is 0 Å². The molecule has 11 heteroatoms. The first-order valence-corrected chi connectivity index (χ1v) is 9.60. The average Bonchev–Trinajstić information content (AvgIpc) is 2.92. The smallest absolute Gasteiger partial charge is 0.294 e. The fourth-order valence-electron chi connectivity index (χ4n) is 2.42. The number of hydrogen-bond donors (Lipinski definition) is 1. The third-order valence-electron chi connectivity index (χ3n) is 3.77. The van der Waals surface area contributed by atoms with Crippen LogP contribution in [-0.2, 0) is 9.59 Å². The zero-order valence-corrected chi connectivity index (χ0v) is 16.8. The van der Waals surface area contributed by atoms with Gasteiger partial charge in [-0.1, -0.05) is 6.07 Å². The van der Waals surface area contributed by atoms with Gasteiger partial charge in [0, 0.05) is 11.8 Å². The Labute approximate surface area is 176 Å². The van der Waals surface area contributed by atoms with Gasteiger partial charge < -0.3 is 5.32 Å². The van der Waals surface area contributed by atoms with E-state index >= 15 is 0 Å². The number of rotatable bonds is 5. The van der Waals surface area contributed by atoms with Crippen LogP contribution in [0.3, 0.4) is 0 Å². The minimum atomic E-state index is -0.681. The van der Waals surface area contributed by atoms with Crippen LogP contribution in [0.1, 0.15) is 5.56 Å². The SMILES string of the molecule is O=C(CN1C(=O)S/C(=C\c2ccc(Br)c([N+](=O)[O-])c2)C1=O)Nc1ccc(F)cc1. The van der Waals surface area contributed by atoms with E-state index in [4.69, 9.17) is 0 Å². The number of imide groups is 1. The Morgan fingerprint density at radius 1 is 1.24 bits per heavy atom. The van der Waals surface area contributed by atoms with Gasteiger partial charge in [-0.15, -0.1) is 0 Å². The lowest BCUT2D eigenvalue weighted by Gasteiger charge is -2.12. The average molecular weight is 480 g/mol. The molecule has 1 aliphatic rings. The van der Waals surface area contributed by atoms with Crippen molar-refractivity contribution in [2.75, 3.05) is 11.9 Å². The number of thioether (sulfide) groups is 1. The number of nitrogens with zero attached hydrogens (tertiary/aromatic N) is 2. The van der Waals surface area contributed by atoms with Crippen LogP contribution >= 0.6 is 27.7 Å². The Morgan fingerprint density at radius 2 is 1.93 bits per heavy atom. The molecule has 0 aromatic heterocycles. The van der Waals surface area contributed by atoms with E-state index in [9.17, 15) is 28.9 Å². The summed E-state index contributed by atoms with van der Waals surface area (Å²) < 4.78 is 13.2. The maximum absolute atomic E-state index is 12.9. The summed E-state index contributed by atoms with van der Waals surface area (Å²) in [5, 5.41) is 12.9. The van der Waals surface area contributed by atoms with Crippen molar-refractivity contribution >= 4 is 62.2 Å². The van der Waals surface area contributed by atoms with E-state index in [0.29, 0.717) is 23.0 Å². The third kappa shape index (κ3) is 4.87. The Balaban J connectivity index is 1.73. The third-order valence-corrected chi connectivity index (χ3v) is 5.35. The molecule has 0 aliphatic carbocycles. The van der Waals surface area contributed by atoms with Crippen molar-refractivity contribution in [1.82, 2.24) is 4.90 Å². The summed E-state index contributed by atoms with van der Waals surface area (Å²) in [6.45, 7) is -0.514. The first-order chi connectivity index (χ1) is 13.7. The van der Waals surface area contributed by atoms with Gasteiger partial charge in [0.05, 0.1) is 14.3 Å². The molecule has 1 aliphatic heterocycles. The van der Waals surface area contributed by atoms with Gasteiger partial charge in [-0.25, -0.2) is 4.39 Å². The van der Waals surface area contributed by atoms with Crippen LogP contribution in [0.25, 0.3) is 6.08 Å². The summed E-state index contributed by atoms with van der Waals surface area (Å²) in [5.74, 6) is -1.77. The van der Waals surface area contributed by atoms with Gasteiger partial charge in [0.1, 0.15) is 12.4 Å². The first kappa shape index (κ1) is 20.7. The van der Waals surface area contributed by atoms with Crippen LogP contribution in [0, 0.1) is 15.9 Å². The van der Waals surface area contributed by atoms with Crippen LogP contribution < -0.4 is 5.32 Å². The highest BCUT2D eigenvalue weighted by Crippen LogP contribution is 2.33. The molecule has 0 radical (unpaired) electrons.